The van der Waals surface area contributed by atoms with E-state index in [9.17, 15) is 4.39 Å². The van der Waals surface area contributed by atoms with Crippen LogP contribution < -0.4 is 5.32 Å². The van der Waals surface area contributed by atoms with Crippen LogP contribution in [-0.2, 0) is 6.54 Å². The lowest BCUT2D eigenvalue weighted by Gasteiger charge is -2.18. The van der Waals surface area contributed by atoms with Crippen LogP contribution in [0.15, 0.2) is 18.2 Å². The summed E-state index contributed by atoms with van der Waals surface area (Å²) in [5.41, 5.74) is 2.29. The molecule has 1 aromatic rings. The predicted octanol–water partition coefficient (Wildman–Crippen LogP) is 3.41. The first kappa shape index (κ1) is 11.2. The fourth-order valence-electron chi connectivity index (χ4n) is 2.71. The molecule has 2 heteroatoms. The average Bonchev–Trinajstić information content (AvgIpc) is 3.15. The fraction of sp³-hybridized carbons (Fsp3) is 0.600. The first-order valence-electron chi connectivity index (χ1n) is 6.72. The minimum atomic E-state index is -0.132. The van der Waals surface area contributed by atoms with E-state index in [1.165, 1.54) is 31.2 Å². The van der Waals surface area contributed by atoms with Crippen molar-refractivity contribution < 1.29 is 4.39 Å². The zero-order valence-corrected chi connectivity index (χ0v) is 10.4. The molecule has 3 rings (SSSR count). The third-order valence-electron chi connectivity index (χ3n) is 4.09. The lowest BCUT2D eigenvalue weighted by molar-refractivity contribution is 0.415. The number of hydrogen-bond acceptors (Lipinski definition) is 1. The monoisotopic (exact) mass is 233 g/mol. The third-order valence-corrected chi connectivity index (χ3v) is 4.09. The fourth-order valence-corrected chi connectivity index (χ4v) is 2.71. The van der Waals surface area contributed by atoms with E-state index in [1.54, 1.807) is 12.1 Å². The lowest BCUT2D eigenvalue weighted by atomic mass is 10.1. The molecular formula is C15H20FN. The first-order chi connectivity index (χ1) is 8.24. The molecule has 0 bridgehead atoms. The molecule has 2 aliphatic carbocycles. The highest BCUT2D eigenvalue weighted by Gasteiger charge is 2.40. The molecule has 0 spiro atoms. The Bertz CT molecular complexity index is 395. The summed E-state index contributed by atoms with van der Waals surface area (Å²) in [5, 5.41) is 3.70. The summed E-state index contributed by atoms with van der Waals surface area (Å²) >= 11 is 0. The summed E-state index contributed by atoms with van der Waals surface area (Å²) in [4.78, 5) is 0. The molecule has 17 heavy (non-hydrogen) atoms. The van der Waals surface area contributed by atoms with Gasteiger partial charge in [-0.15, -0.1) is 0 Å². The molecule has 0 heterocycles. The Morgan fingerprint density at radius 1 is 1.24 bits per heavy atom. The Morgan fingerprint density at radius 2 is 1.88 bits per heavy atom. The standard InChI is InChI=1S/C15H20FN/c1-10-8-14(16)7-6-13(10)9-17-15(11-2-3-11)12-4-5-12/h6-8,11-12,15,17H,2-5,9H2,1H3. The smallest absolute Gasteiger partial charge is 0.123 e. The van der Waals surface area contributed by atoms with Gasteiger partial charge in [0.15, 0.2) is 0 Å². The van der Waals surface area contributed by atoms with E-state index in [4.69, 9.17) is 0 Å². The molecule has 2 saturated carbocycles. The number of hydrogen-bond donors (Lipinski definition) is 1. The molecule has 92 valence electrons. The zero-order chi connectivity index (χ0) is 11.8. The van der Waals surface area contributed by atoms with E-state index in [2.05, 4.69) is 5.32 Å². The second kappa shape index (κ2) is 4.41. The molecule has 2 fully saturated rings. The Balaban J connectivity index is 1.62. The first-order valence-corrected chi connectivity index (χ1v) is 6.72. The van der Waals surface area contributed by atoms with Crippen LogP contribution >= 0.6 is 0 Å². The second-order valence-electron chi connectivity index (χ2n) is 5.65. The normalized spacial score (nSPS) is 19.9. The Morgan fingerprint density at radius 3 is 2.41 bits per heavy atom. The van der Waals surface area contributed by atoms with Crippen molar-refractivity contribution in [1.82, 2.24) is 5.32 Å². The van der Waals surface area contributed by atoms with Crippen LogP contribution in [0.2, 0.25) is 0 Å². The minimum Gasteiger partial charge on any atom is -0.309 e. The zero-order valence-electron chi connectivity index (χ0n) is 10.4. The summed E-state index contributed by atoms with van der Waals surface area (Å²) in [5.74, 6) is 1.71. The van der Waals surface area contributed by atoms with Crippen molar-refractivity contribution in [3.63, 3.8) is 0 Å². The van der Waals surface area contributed by atoms with E-state index >= 15 is 0 Å². The van der Waals surface area contributed by atoms with Gasteiger partial charge in [-0.1, -0.05) is 6.07 Å². The topological polar surface area (TPSA) is 12.0 Å². The molecule has 1 aromatic carbocycles. The van der Waals surface area contributed by atoms with Crippen molar-refractivity contribution in [1.29, 1.82) is 0 Å². The maximum Gasteiger partial charge on any atom is 0.123 e. The molecule has 2 aliphatic rings. The highest BCUT2D eigenvalue weighted by Crippen LogP contribution is 2.44. The van der Waals surface area contributed by atoms with Crippen molar-refractivity contribution in [2.45, 2.75) is 45.2 Å². The number of nitrogens with one attached hydrogen (secondary N) is 1. The molecule has 0 atom stereocenters. The average molecular weight is 233 g/mol. The third kappa shape index (κ3) is 2.68. The van der Waals surface area contributed by atoms with E-state index in [1.807, 2.05) is 13.0 Å². The van der Waals surface area contributed by atoms with Gasteiger partial charge in [-0.25, -0.2) is 4.39 Å². The van der Waals surface area contributed by atoms with Gasteiger partial charge in [-0.3, -0.25) is 0 Å². The van der Waals surface area contributed by atoms with Crippen LogP contribution in [0.3, 0.4) is 0 Å². The van der Waals surface area contributed by atoms with E-state index in [0.717, 1.165) is 30.0 Å². The van der Waals surface area contributed by atoms with Gasteiger partial charge in [0.25, 0.3) is 0 Å². The van der Waals surface area contributed by atoms with Crippen LogP contribution in [0.5, 0.6) is 0 Å². The predicted molar refractivity (Wildman–Crippen MR) is 67.2 cm³/mol. The molecule has 0 aliphatic heterocycles. The Labute approximate surface area is 102 Å². The van der Waals surface area contributed by atoms with E-state index < -0.39 is 0 Å². The highest BCUT2D eigenvalue weighted by molar-refractivity contribution is 5.26. The maximum atomic E-state index is 13.0. The second-order valence-corrected chi connectivity index (χ2v) is 5.65. The van der Waals surface area contributed by atoms with Gasteiger partial charge in [0.1, 0.15) is 5.82 Å². The Hall–Kier alpha value is -0.890. The SMILES string of the molecule is Cc1cc(F)ccc1CNC(C1CC1)C1CC1. The van der Waals surface area contributed by atoms with Gasteiger partial charge in [0.05, 0.1) is 0 Å². The molecule has 0 radical (unpaired) electrons. The molecular weight excluding hydrogens is 213 g/mol. The number of benzene rings is 1. The number of rotatable bonds is 5. The number of halogens is 1. The van der Waals surface area contributed by atoms with Crippen molar-refractivity contribution >= 4 is 0 Å². The summed E-state index contributed by atoms with van der Waals surface area (Å²) in [6.45, 7) is 2.88. The van der Waals surface area contributed by atoms with Gasteiger partial charge >= 0.3 is 0 Å². The number of aryl methyl sites for hydroxylation is 1. The summed E-state index contributed by atoms with van der Waals surface area (Å²) in [6, 6.07) is 5.82. The van der Waals surface area contributed by atoms with Gasteiger partial charge in [0.2, 0.25) is 0 Å². The maximum absolute atomic E-state index is 13.0. The van der Waals surface area contributed by atoms with Crippen LogP contribution in [0.4, 0.5) is 4.39 Å². The van der Waals surface area contributed by atoms with Crippen LogP contribution in [-0.4, -0.2) is 6.04 Å². The van der Waals surface area contributed by atoms with Crippen molar-refractivity contribution in [2.75, 3.05) is 0 Å². The van der Waals surface area contributed by atoms with Gasteiger partial charge in [0, 0.05) is 12.6 Å². The van der Waals surface area contributed by atoms with E-state index in [-0.39, 0.29) is 5.82 Å². The van der Waals surface area contributed by atoms with Crippen LogP contribution in [0, 0.1) is 24.6 Å². The van der Waals surface area contributed by atoms with Gasteiger partial charge in [-0.05, 0) is 67.7 Å². The van der Waals surface area contributed by atoms with Crippen LogP contribution in [0.25, 0.3) is 0 Å². The summed E-state index contributed by atoms with van der Waals surface area (Å²) in [6.07, 6.45) is 5.60. The molecule has 0 aromatic heterocycles. The van der Waals surface area contributed by atoms with Gasteiger partial charge < -0.3 is 5.32 Å². The lowest BCUT2D eigenvalue weighted by Crippen LogP contribution is -2.32. The molecule has 1 nitrogen and oxygen atoms in total. The minimum absolute atomic E-state index is 0.132. The molecule has 0 unspecified atom stereocenters. The summed E-state index contributed by atoms with van der Waals surface area (Å²) < 4.78 is 13.0. The Kier molecular flexibility index (Phi) is 2.91. The molecule has 1 N–H and O–H groups in total. The van der Waals surface area contributed by atoms with Gasteiger partial charge in [-0.2, -0.15) is 0 Å². The van der Waals surface area contributed by atoms with Crippen molar-refractivity contribution in [3.8, 4) is 0 Å². The summed E-state index contributed by atoms with van der Waals surface area (Å²) in [7, 11) is 0. The van der Waals surface area contributed by atoms with Crippen molar-refractivity contribution in [2.24, 2.45) is 11.8 Å². The quantitative estimate of drug-likeness (QED) is 0.821. The highest BCUT2D eigenvalue weighted by atomic mass is 19.1. The van der Waals surface area contributed by atoms with Crippen LogP contribution in [0.1, 0.15) is 36.8 Å². The largest absolute Gasteiger partial charge is 0.309 e. The molecule has 0 amide bonds. The van der Waals surface area contributed by atoms with E-state index in [0.29, 0.717) is 0 Å². The molecule has 0 saturated heterocycles. The van der Waals surface area contributed by atoms with Crippen molar-refractivity contribution in [3.05, 3.63) is 35.1 Å².